The van der Waals surface area contributed by atoms with Crippen LogP contribution < -0.4 is 0 Å². The maximum Gasteiger partial charge on any atom is 0.256 e. The quantitative estimate of drug-likeness (QED) is 0.832. The first-order chi connectivity index (χ1) is 10.0. The maximum atomic E-state index is 12.9. The van der Waals surface area contributed by atoms with E-state index in [-0.39, 0.29) is 0 Å². The van der Waals surface area contributed by atoms with Gasteiger partial charge in [-0.05, 0) is 29.3 Å². The second kappa shape index (κ2) is 6.81. The molecule has 0 fully saturated rings. The van der Waals surface area contributed by atoms with Gasteiger partial charge in [-0.3, -0.25) is 4.57 Å². The summed E-state index contributed by atoms with van der Waals surface area (Å²) in [6, 6.07) is 14.5. The molecule has 0 heterocycles. The molecule has 110 valence electrons. The first-order valence-corrected chi connectivity index (χ1v) is 8.14. The fraction of sp³-hybridized carbons (Fsp3) is 0.125. The molecule has 2 aromatic rings. The van der Waals surface area contributed by atoms with Gasteiger partial charge in [-0.1, -0.05) is 42.5 Å². The van der Waals surface area contributed by atoms with Gasteiger partial charge in [0, 0.05) is 12.9 Å². The fourth-order valence-corrected chi connectivity index (χ4v) is 3.29. The minimum absolute atomic E-state index is 0.347. The highest BCUT2D eigenvalue weighted by atomic mass is 31.2. The summed E-state index contributed by atoms with van der Waals surface area (Å²) in [6.07, 6.45) is 1.64. The van der Waals surface area contributed by atoms with Crippen LogP contribution in [0.4, 0.5) is 4.39 Å². The van der Waals surface area contributed by atoms with Crippen molar-refractivity contribution in [3.63, 3.8) is 0 Å². The number of aliphatic hydroxyl groups excluding tert-OH is 1. The van der Waals surface area contributed by atoms with Crippen LogP contribution in [0.15, 0.2) is 60.4 Å². The molecule has 0 aliphatic heterocycles. The Labute approximate surface area is 123 Å². The number of hydrogen-bond acceptors (Lipinski definition) is 3. The Morgan fingerprint density at radius 1 is 1.14 bits per heavy atom. The van der Waals surface area contributed by atoms with Crippen molar-refractivity contribution < 1.29 is 18.6 Å². The second-order valence-corrected chi connectivity index (χ2v) is 6.92. The van der Waals surface area contributed by atoms with Crippen molar-refractivity contribution in [3.8, 4) is 0 Å². The molecule has 0 saturated heterocycles. The normalized spacial score (nSPS) is 15.8. The molecule has 5 heteroatoms. The predicted octanol–water partition coefficient (Wildman–Crippen LogP) is 4.41. The highest BCUT2D eigenvalue weighted by molar-refractivity contribution is 7.62. The summed E-state index contributed by atoms with van der Waals surface area (Å²) in [7, 11) is -2.16. The zero-order valence-corrected chi connectivity index (χ0v) is 12.4. The zero-order chi connectivity index (χ0) is 15.3. The van der Waals surface area contributed by atoms with Crippen LogP contribution in [-0.2, 0) is 9.09 Å². The van der Waals surface area contributed by atoms with E-state index >= 15 is 0 Å². The van der Waals surface area contributed by atoms with Crippen LogP contribution in [0.1, 0.15) is 17.0 Å². The molecule has 2 rings (SSSR count). The van der Waals surface area contributed by atoms with E-state index in [1.54, 1.807) is 6.08 Å². The molecule has 1 N–H and O–H groups in total. The third-order valence-corrected chi connectivity index (χ3v) is 5.18. The molecule has 2 unspecified atom stereocenters. The summed E-state index contributed by atoms with van der Waals surface area (Å²) in [4.78, 5) is 0. The van der Waals surface area contributed by atoms with Crippen molar-refractivity contribution in [1.82, 2.24) is 0 Å². The van der Waals surface area contributed by atoms with E-state index in [2.05, 4.69) is 0 Å². The number of aliphatic hydroxyl groups is 1. The molecule has 0 radical (unpaired) electrons. The molecular formula is C16H16FO3P. The van der Waals surface area contributed by atoms with E-state index in [9.17, 15) is 14.1 Å². The Morgan fingerprint density at radius 2 is 1.76 bits per heavy atom. The Bertz CT molecular complexity index is 653. The van der Waals surface area contributed by atoms with Gasteiger partial charge >= 0.3 is 0 Å². The van der Waals surface area contributed by atoms with Gasteiger partial charge in [0.25, 0.3) is 7.37 Å². The molecule has 2 aromatic carbocycles. The molecule has 3 nitrogen and oxygen atoms in total. The molecule has 0 bridgehead atoms. The van der Waals surface area contributed by atoms with E-state index in [0.717, 1.165) is 5.56 Å². The Kier molecular flexibility index (Phi) is 5.07. The Hall–Kier alpha value is -1.74. The molecule has 21 heavy (non-hydrogen) atoms. The average Bonchev–Trinajstić information content (AvgIpc) is 2.53. The summed E-state index contributed by atoms with van der Waals surface area (Å²) in [6.45, 7) is 0. The lowest BCUT2D eigenvalue weighted by molar-refractivity contribution is 0.228. The standard InChI is InChI=1S/C16H16FO3P/c1-20-21(19,12-11-13-5-3-2-4-6-13)16(18)14-7-9-15(17)10-8-14/h2-12,16,18H,1H3/b12-11+. The van der Waals surface area contributed by atoms with Gasteiger partial charge in [0.15, 0.2) is 5.85 Å². The summed E-state index contributed by atoms with van der Waals surface area (Å²) in [5.41, 5.74) is 1.19. The van der Waals surface area contributed by atoms with Crippen molar-refractivity contribution in [2.75, 3.05) is 7.11 Å². The molecule has 0 amide bonds. The van der Waals surface area contributed by atoms with E-state index in [1.165, 1.54) is 37.2 Å². The summed E-state index contributed by atoms with van der Waals surface area (Å²) in [5.74, 6) is -0.378. The largest absolute Gasteiger partial charge is 0.378 e. The molecule has 0 aliphatic rings. The van der Waals surface area contributed by atoms with Gasteiger partial charge in [0.05, 0.1) is 0 Å². The first-order valence-electron chi connectivity index (χ1n) is 6.38. The molecular weight excluding hydrogens is 290 g/mol. The number of halogens is 1. The van der Waals surface area contributed by atoms with Crippen molar-refractivity contribution in [2.45, 2.75) is 5.85 Å². The van der Waals surface area contributed by atoms with Crippen molar-refractivity contribution in [2.24, 2.45) is 0 Å². The third-order valence-electron chi connectivity index (χ3n) is 3.07. The van der Waals surface area contributed by atoms with Gasteiger partial charge < -0.3 is 9.63 Å². The van der Waals surface area contributed by atoms with Crippen molar-refractivity contribution >= 4 is 13.4 Å². The smallest absolute Gasteiger partial charge is 0.256 e. The van der Waals surface area contributed by atoms with E-state index < -0.39 is 19.0 Å². The molecule has 0 aromatic heterocycles. The Balaban J connectivity index is 2.26. The van der Waals surface area contributed by atoms with Gasteiger partial charge in [0.2, 0.25) is 0 Å². The van der Waals surface area contributed by atoms with Crippen LogP contribution in [0.5, 0.6) is 0 Å². The van der Waals surface area contributed by atoms with Crippen LogP contribution in [0.25, 0.3) is 6.08 Å². The van der Waals surface area contributed by atoms with Crippen molar-refractivity contribution in [1.29, 1.82) is 0 Å². The highest BCUT2D eigenvalue weighted by Gasteiger charge is 2.30. The van der Waals surface area contributed by atoms with Crippen LogP contribution in [-0.4, -0.2) is 12.2 Å². The lowest BCUT2D eigenvalue weighted by Crippen LogP contribution is -1.99. The molecule has 0 spiro atoms. The second-order valence-electron chi connectivity index (χ2n) is 4.48. The number of benzene rings is 2. The topological polar surface area (TPSA) is 46.5 Å². The van der Waals surface area contributed by atoms with Gasteiger partial charge in [-0.25, -0.2) is 4.39 Å². The molecule has 0 saturated carbocycles. The zero-order valence-electron chi connectivity index (χ0n) is 11.5. The number of rotatable bonds is 5. The van der Waals surface area contributed by atoms with E-state index in [4.69, 9.17) is 4.52 Å². The molecule has 2 atom stereocenters. The summed E-state index contributed by atoms with van der Waals surface area (Å²) in [5, 5.41) is 10.2. The van der Waals surface area contributed by atoms with Crippen molar-refractivity contribution in [3.05, 3.63) is 77.4 Å². The lowest BCUT2D eigenvalue weighted by Gasteiger charge is -2.19. The van der Waals surface area contributed by atoms with E-state index in [0.29, 0.717) is 5.56 Å². The highest BCUT2D eigenvalue weighted by Crippen LogP contribution is 2.59. The van der Waals surface area contributed by atoms with Crippen LogP contribution in [0.2, 0.25) is 0 Å². The summed E-state index contributed by atoms with van der Waals surface area (Å²) < 4.78 is 30.6. The minimum Gasteiger partial charge on any atom is -0.378 e. The van der Waals surface area contributed by atoms with E-state index in [1.807, 2.05) is 30.3 Å². The monoisotopic (exact) mass is 306 g/mol. The number of hydrogen-bond donors (Lipinski definition) is 1. The Morgan fingerprint density at radius 3 is 2.33 bits per heavy atom. The van der Waals surface area contributed by atoms with Crippen LogP contribution >= 0.6 is 7.37 Å². The average molecular weight is 306 g/mol. The summed E-state index contributed by atoms with van der Waals surface area (Å²) >= 11 is 0. The lowest BCUT2D eigenvalue weighted by atomic mass is 10.2. The minimum atomic E-state index is -3.44. The first kappa shape index (κ1) is 15.6. The predicted molar refractivity (Wildman–Crippen MR) is 81.5 cm³/mol. The van der Waals surface area contributed by atoms with Gasteiger partial charge in [-0.15, -0.1) is 0 Å². The SMILES string of the molecule is COP(=O)(/C=C/c1ccccc1)C(O)c1ccc(F)cc1. The maximum absolute atomic E-state index is 12.9. The van der Waals surface area contributed by atoms with Gasteiger partial charge in [-0.2, -0.15) is 0 Å². The third kappa shape index (κ3) is 3.88. The van der Waals surface area contributed by atoms with Gasteiger partial charge in [0.1, 0.15) is 5.82 Å². The molecule has 0 aliphatic carbocycles. The van der Waals surface area contributed by atoms with Crippen LogP contribution in [0.3, 0.4) is 0 Å². The fourth-order valence-electron chi connectivity index (χ4n) is 1.84. The van der Waals surface area contributed by atoms with Crippen LogP contribution in [0, 0.1) is 5.82 Å².